The first-order valence-corrected chi connectivity index (χ1v) is 3.47. The van der Waals surface area contributed by atoms with Crippen LogP contribution in [0.5, 0.6) is 0 Å². The predicted molar refractivity (Wildman–Crippen MR) is 31.9 cm³/mol. The lowest BCUT2D eigenvalue weighted by Crippen LogP contribution is -1.79. The number of hydrogen-bond acceptors (Lipinski definition) is 2. The second-order valence-electron chi connectivity index (χ2n) is 1.54. The SMILES string of the molecule is [CH]1CCCOSC1. The van der Waals surface area contributed by atoms with E-state index >= 15 is 0 Å². The van der Waals surface area contributed by atoms with E-state index in [4.69, 9.17) is 4.18 Å². The summed E-state index contributed by atoms with van der Waals surface area (Å²) in [6.45, 7) is 0.932. The van der Waals surface area contributed by atoms with Crippen molar-refractivity contribution in [2.75, 3.05) is 12.4 Å². The van der Waals surface area contributed by atoms with Gasteiger partial charge in [-0.3, -0.25) is 0 Å². The number of hydrogen-bond donors (Lipinski definition) is 0. The van der Waals surface area contributed by atoms with Gasteiger partial charge in [-0.05, 0) is 31.3 Å². The molecule has 1 fully saturated rings. The van der Waals surface area contributed by atoms with E-state index < -0.39 is 0 Å². The quantitative estimate of drug-likeness (QED) is 0.446. The van der Waals surface area contributed by atoms with E-state index in [1.54, 1.807) is 12.0 Å². The van der Waals surface area contributed by atoms with Crippen LogP contribution in [0, 0.1) is 6.42 Å². The van der Waals surface area contributed by atoms with Crippen molar-refractivity contribution >= 4 is 12.0 Å². The maximum Gasteiger partial charge on any atom is 0.0613 e. The molecule has 1 rings (SSSR count). The summed E-state index contributed by atoms with van der Waals surface area (Å²) in [6, 6.07) is 0. The van der Waals surface area contributed by atoms with Gasteiger partial charge in [0.25, 0.3) is 0 Å². The minimum Gasteiger partial charge on any atom is -0.315 e. The Bertz CT molecular complexity index is 27.7. The van der Waals surface area contributed by atoms with Crippen molar-refractivity contribution in [3.05, 3.63) is 6.42 Å². The molecule has 0 aromatic rings. The Kier molecular flexibility index (Phi) is 2.59. The van der Waals surface area contributed by atoms with Crippen LogP contribution < -0.4 is 0 Å². The summed E-state index contributed by atoms with van der Waals surface area (Å²) in [4.78, 5) is 0. The standard InChI is InChI=1S/C5H9OS/c1-2-4-6-7-5-3-1/h3H,1-2,4-5H2. The molecule has 0 saturated carbocycles. The lowest BCUT2D eigenvalue weighted by atomic mass is 10.3. The van der Waals surface area contributed by atoms with Gasteiger partial charge in [-0.1, -0.05) is 0 Å². The van der Waals surface area contributed by atoms with E-state index in [0.29, 0.717) is 0 Å². The molecule has 0 aliphatic carbocycles. The van der Waals surface area contributed by atoms with Gasteiger partial charge in [0.1, 0.15) is 0 Å². The summed E-state index contributed by atoms with van der Waals surface area (Å²) in [7, 11) is 0. The highest BCUT2D eigenvalue weighted by Gasteiger charge is 1.96. The summed E-state index contributed by atoms with van der Waals surface area (Å²) in [6.07, 6.45) is 4.69. The lowest BCUT2D eigenvalue weighted by Gasteiger charge is -1.89. The van der Waals surface area contributed by atoms with Crippen LogP contribution >= 0.6 is 12.0 Å². The van der Waals surface area contributed by atoms with Crippen molar-refractivity contribution in [2.24, 2.45) is 0 Å². The first kappa shape index (κ1) is 5.45. The zero-order valence-electron chi connectivity index (χ0n) is 4.22. The van der Waals surface area contributed by atoms with Crippen LogP contribution in [0.15, 0.2) is 0 Å². The molecule has 0 spiro atoms. The molecule has 0 amide bonds. The Hall–Kier alpha value is 0.310. The van der Waals surface area contributed by atoms with E-state index in [0.717, 1.165) is 12.4 Å². The highest BCUT2D eigenvalue weighted by Crippen LogP contribution is 2.12. The Labute approximate surface area is 48.6 Å². The second kappa shape index (κ2) is 3.33. The van der Waals surface area contributed by atoms with Crippen molar-refractivity contribution in [2.45, 2.75) is 12.8 Å². The highest BCUT2D eigenvalue weighted by atomic mass is 32.2. The summed E-state index contributed by atoms with van der Waals surface area (Å²) < 4.78 is 5.08. The van der Waals surface area contributed by atoms with Gasteiger partial charge in [-0.15, -0.1) is 0 Å². The van der Waals surface area contributed by atoms with Crippen molar-refractivity contribution in [3.63, 3.8) is 0 Å². The Morgan fingerprint density at radius 2 is 2.57 bits per heavy atom. The summed E-state index contributed by atoms with van der Waals surface area (Å²) in [5.74, 6) is 1.07. The van der Waals surface area contributed by atoms with Gasteiger partial charge < -0.3 is 4.18 Å². The van der Waals surface area contributed by atoms with Crippen LogP contribution in [0.25, 0.3) is 0 Å². The zero-order chi connectivity index (χ0) is 4.95. The lowest BCUT2D eigenvalue weighted by molar-refractivity contribution is 0.372. The van der Waals surface area contributed by atoms with Crippen LogP contribution in [-0.2, 0) is 4.18 Å². The van der Waals surface area contributed by atoms with Gasteiger partial charge >= 0.3 is 0 Å². The smallest absolute Gasteiger partial charge is 0.0613 e. The first-order valence-electron chi connectivity index (χ1n) is 2.56. The molecule has 0 aromatic heterocycles. The molecular weight excluding hydrogens is 108 g/mol. The van der Waals surface area contributed by atoms with Crippen molar-refractivity contribution < 1.29 is 4.18 Å². The molecule has 2 heteroatoms. The van der Waals surface area contributed by atoms with Crippen molar-refractivity contribution in [1.29, 1.82) is 0 Å². The summed E-state index contributed by atoms with van der Waals surface area (Å²) in [5.41, 5.74) is 0. The molecule has 1 nitrogen and oxygen atoms in total. The minimum absolute atomic E-state index is 0.932. The third-order valence-electron chi connectivity index (χ3n) is 0.905. The summed E-state index contributed by atoms with van der Waals surface area (Å²) >= 11 is 1.56. The van der Waals surface area contributed by atoms with Gasteiger partial charge in [-0.2, -0.15) is 0 Å². The molecule has 0 bridgehead atoms. The molecule has 1 radical (unpaired) electrons. The third-order valence-corrected chi connectivity index (χ3v) is 1.61. The Morgan fingerprint density at radius 1 is 1.57 bits per heavy atom. The molecular formula is C5H9OS. The topological polar surface area (TPSA) is 9.23 Å². The highest BCUT2D eigenvalue weighted by molar-refractivity contribution is 7.94. The van der Waals surface area contributed by atoms with E-state index in [1.165, 1.54) is 12.8 Å². The van der Waals surface area contributed by atoms with Gasteiger partial charge in [0.15, 0.2) is 0 Å². The molecule has 0 unspecified atom stereocenters. The zero-order valence-corrected chi connectivity index (χ0v) is 5.04. The third kappa shape index (κ3) is 2.19. The average molecular weight is 117 g/mol. The molecule has 1 aliphatic rings. The minimum atomic E-state index is 0.932. The predicted octanol–water partition coefficient (Wildman–Crippen LogP) is 1.65. The van der Waals surface area contributed by atoms with Crippen LogP contribution in [0.1, 0.15) is 12.8 Å². The molecule has 1 saturated heterocycles. The molecule has 1 heterocycles. The Morgan fingerprint density at radius 3 is 3.57 bits per heavy atom. The number of rotatable bonds is 0. The van der Waals surface area contributed by atoms with Crippen LogP contribution in [-0.4, -0.2) is 12.4 Å². The van der Waals surface area contributed by atoms with E-state index in [1.807, 2.05) is 0 Å². The van der Waals surface area contributed by atoms with Gasteiger partial charge in [0, 0.05) is 5.75 Å². The Balaban J connectivity index is 2.04. The van der Waals surface area contributed by atoms with Gasteiger partial charge in [-0.25, -0.2) is 0 Å². The fourth-order valence-electron chi connectivity index (χ4n) is 0.525. The first-order chi connectivity index (χ1) is 3.50. The van der Waals surface area contributed by atoms with Gasteiger partial charge in [0.2, 0.25) is 0 Å². The van der Waals surface area contributed by atoms with E-state index in [9.17, 15) is 0 Å². The molecule has 0 atom stereocenters. The molecule has 0 aromatic carbocycles. The normalized spacial score (nSPS) is 24.0. The molecule has 41 valence electrons. The van der Waals surface area contributed by atoms with E-state index in [2.05, 4.69) is 6.42 Å². The maximum atomic E-state index is 5.08. The van der Waals surface area contributed by atoms with Gasteiger partial charge in [0.05, 0.1) is 6.61 Å². The monoisotopic (exact) mass is 117 g/mol. The maximum absolute atomic E-state index is 5.08. The van der Waals surface area contributed by atoms with E-state index in [-0.39, 0.29) is 0 Å². The average Bonchev–Trinajstić information content (AvgIpc) is 1.90. The van der Waals surface area contributed by atoms with Crippen LogP contribution in [0.3, 0.4) is 0 Å². The van der Waals surface area contributed by atoms with Crippen molar-refractivity contribution in [1.82, 2.24) is 0 Å². The molecule has 0 N–H and O–H groups in total. The second-order valence-corrected chi connectivity index (χ2v) is 2.34. The fourth-order valence-corrected chi connectivity index (χ4v) is 1.12. The van der Waals surface area contributed by atoms with Crippen molar-refractivity contribution in [3.8, 4) is 0 Å². The van der Waals surface area contributed by atoms with Crippen LogP contribution in [0.4, 0.5) is 0 Å². The molecule has 7 heavy (non-hydrogen) atoms. The fraction of sp³-hybridized carbons (Fsp3) is 0.800. The largest absolute Gasteiger partial charge is 0.315 e. The van der Waals surface area contributed by atoms with Crippen LogP contribution in [0.2, 0.25) is 0 Å². The molecule has 1 aliphatic heterocycles. The summed E-state index contributed by atoms with van der Waals surface area (Å²) in [5, 5.41) is 0.